The van der Waals surface area contributed by atoms with Crippen LogP contribution in [0.3, 0.4) is 0 Å². The van der Waals surface area contributed by atoms with Gasteiger partial charge in [0.05, 0.1) is 5.56 Å². The fraction of sp³-hybridized carbons (Fsp3) is 0.400. The molecular weight excluding hydrogens is 182 g/mol. The summed E-state index contributed by atoms with van der Waals surface area (Å²) in [6.45, 7) is 1.97. The zero-order valence-electron chi connectivity index (χ0n) is 8.07. The minimum absolute atomic E-state index is 0.163. The van der Waals surface area contributed by atoms with E-state index in [9.17, 15) is 10.2 Å². The van der Waals surface area contributed by atoms with Crippen molar-refractivity contribution in [2.24, 2.45) is 5.73 Å². The van der Waals surface area contributed by atoms with Crippen molar-refractivity contribution in [1.82, 2.24) is 0 Å². The zero-order chi connectivity index (χ0) is 10.7. The smallest absolute Gasteiger partial charge is 0.127 e. The van der Waals surface area contributed by atoms with Crippen LogP contribution in [0.5, 0.6) is 17.2 Å². The number of hydrogen-bond donors (Lipinski definition) is 4. The van der Waals surface area contributed by atoms with Gasteiger partial charge in [0.1, 0.15) is 17.2 Å². The van der Waals surface area contributed by atoms with Gasteiger partial charge in [-0.3, -0.25) is 0 Å². The third kappa shape index (κ3) is 2.09. The van der Waals surface area contributed by atoms with Crippen LogP contribution >= 0.6 is 0 Å². The third-order valence-electron chi connectivity index (χ3n) is 2.09. The molecule has 0 saturated carbocycles. The van der Waals surface area contributed by atoms with E-state index in [-0.39, 0.29) is 17.2 Å². The van der Waals surface area contributed by atoms with Crippen LogP contribution in [0.2, 0.25) is 0 Å². The fourth-order valence-corrected chi connectivity index (χ4v) is 1.44. The first-order chi connectivity index (χ1) is 6.56. The highest BCUT2D eigenvalue weighted by Crippen LogP contribution is 2.36. The maximum Gasteiger partial charge on any atom is 0.127 e. The van der Waals surface area contributed by atoms with Crippen molar-refractivity contribution in [3.8, 4) is 17.2 Å². The summed E-state index contributed by atoms with van der Waals surface area (Å²) < 4.78 is 0. The number of phenols is 3. The minimum atomic E-state index is -0.402. The van der Waals surface area contributed by atoms with Crippen molar-refractivity contribution in [3.05, 3.63) is 17.7 Å². The highest BCUT2D eigenvalue weighted by molar-refractivity contribution is 5.50. The Bertz CT molecular complexity index is 302. The summed E-state index contributed by atoms with van der Waals surface area (Å²) in [6, 6.07) is 1.94. The van der Waals surface area contributed by atoms with E-state index in [4.69, 9.17) is 10.8 Å². The molecule has 0 bridgehead atoms. The van der Waals surface area contributed by atoms with Gasteiger partial charge >= 0.3 is 0 Å². The van der Waals surface area contributed by atoms with Gasteiger partial charge in [-0.2, -0.15) is 0 Å². The summed E-state index contributed by atoms with van der Waals surface area (Å²) >= 11 is 0. The molecule has 14 heavy (non-hydrogen) atoms. The largest absolute Gasteiger partial charge is 0.508 e. The summed E-state index contributed by atoms with van der Waals surface area (Å²) in [5.41, 5.74) is 6.05. The Hall–Kier alpha value is -1.42. The Morgan fingerprint density at radius 3 is 2.14 bits per heavy atom. The maximum atomic E-state index is 9.47. The number of phenolic OH excluding ortho intramolecular Hbond substituents is 3. The van der Waals surface area contributed by atoms with Crippen molar-refractivity contribution in [3.63, 3.8) is 0 Å². The molecule has 0 spiro atoms. The van der Waals surface area contributed by atoms with E-state index in [0.717, 1.165) is 6.42 Å². The molecule has 0 aromatic heterocycles. The van der Waals surface area contributed by atoms with Gasteiger partial charge in [-0.05, 0) is 6.42 Å². The predicted molar refractivity (Wildman–Crippen MR) is 53.3 cm³/mol. The van der Waals surface area contributed by atoms with E-state index in [0.29, 0.717) is 12.0 Å². The average Bonchev–Trinajstić information content (AvgIpc) is 2.01. The molecule has 1 rings (SSSR count). The molecule has 4 heteroatoms. The van der Waals surface area contributed by atoms with Gasteiger partial charge in [0, 0.05) is 18.2 Å². The second kappa shape index (κ2) is 4.19. The number of hydrogen-bond acceptors (Lipinski definition) is 4. The van der Waals surface area contributed by atoms with Gasteiger partial charge in [-0.1, -0.05) is 13.3 Å². The lowest BCUT2D eigenvalue weighted by Gasteiger charge is -2.14. The summed E-state index contributed by atoms with van der Waals surface area (Å²) in [6.07, 6.45) is 1.53. The van der Waals surface area contributed by atoms with Crippen LogP contribution in [0.15, 0.2) is 12.1 Å². The van der Waals surface area contributed by atoms with Crippen LogP contribution in [0.25, 0.3) is 0 Å². The van der Waals surface area contributed by atoms with E-state index >= 15 is 0 Å². The molecule has 0 aliphatic carbocycles. The summed E-state index contributed by atoms with van der Waals surface area (Å²) in [7, 11) is 0. The standard InChI is InChI=1S/C10H15NO3/c1-2-3-7(11)10-8(13)4-6(12)5-9(10)14/h4-5,7,12-14H,2-3,11H2,1H3. The van der Waals surface area contributed by atoms with Crippen molar-refractivity contribution in [2.45, 2.75) is 25.8 Å². The monoisotopic (exact) mass is 197 g/mol. The van der Waals surface area contributed by atoms with Crippen molar-refractivity contribution < 1.29 is 15.3 Å². The topological polar surface area (TPSA) is 86.7 Å². The van der Waals surface area contributed by atoms with Crippen molar-refractivity contribution >= 4 is 0 Å². The molecule has 1 aromatic rings. The van der Waals surface area contributed by atoms with Crippen LogP contribution in [0.1, 0.15) is 31.4 Å². The second-order valence-electron chi connectivity index (χ2n) is 3.29. The molecule has 0 radical (unpaired) electrons. The van der Waals surface area contributed by atoms with Crippen molar-refractivity contribution in [1.29, 1.82) is 0 Å². The third-order valence-corrected chi connectivity index (χ3v) is 2.09. The van der Waals surface area contributed by atoms with Gasteiger partial charge in [0.15, 0.2) is 0 Å². The molecule has 0 aliphatic heterocycles. The Morgan fingerprint density at radius 2 is 1.71 bits per heavy atom. The van der Waals surface area contributed by atoms with Crippen LogP contribution in [0.4, 0.5) is 0 Å². The number of aromatic hydroxyl groups is 3. The van der Waals surface area contributed by atoms with E-state index in [2.05, 4.69) is 0 Å². The van der Waals surface area contributed by atoms with Gasteiger partial charge in [0.2, 0.25) is 0 Å². The Kier molecular flexibility index (Phi) is 3.19. The summed E-state index contributed by atoms with van der Waals surface area (Å²) in [4.78, 5) is 0. The Labute approximate surface area is 82.6 Å². The fourth-order valence-electron chi connectivity index (χ4n) is 1.44. The van der Waals surface area contributed by atoms with Crippen LogP contribution in [-0.2, 0) is 0 Å². The molecule has 0 heterocycles. The molecule has 5 N–H and O–H groups in total. The minimum Gasteiger partial charge on any atom is -0.508 e. The molecule has 1 aromatic carbocycles. The number of rotatable bonds is 3. The summed E-state index contributed by atoms with van der Waals surface area (Å²) in [5, 5.41) is 28.0. The van der Waals surface area contributed by atoms with E-state index in [1.807, 2.05) is 6.92 Å². The van der Waals surface area contributed by atoms with Gasteiger partial charge in [-0.25, -0.2) is 0 Å². The van der Waals surface area contributed by atoms with Gasteiger partial charge in [0.25, 0.3) is 0 Å². The summed E-state index contributed by atoms with van der Waals surface area (Å²) in [5.74, 6) is -0.501. The number of benzene rings is 1. The molecular formula is C10H15NO3. The SMILES string of the molecule is CCCC(N)c1c(O)cc(O)cc1O. The van der Waals surface area contributed by atoms with Crippen LogP contribution in [-0.4, -0.2) is 15.3 Å². The molecule has 0 aliphatic rings. The first-order valence-corrected chi connectivity index (χ1v) is 4.56. The predicted octanol–water partition coefficient (Wildman–Crippen LogP) is 1.60. The lowest BCUT2D eigenvalue weighted by Crippen LogP contribution is -2.10. The molecule has 0 fully saturated rings. The Morgan fingerprint density at radius 1 is 1.21 bits per heavy atom. The average molecular weight is 197 g/mol. The second-order valence-corrected chi connectivity index (χ2v) is 3.29. The molecule has 78 valence electrons. The first-order valence-electron chi connectivity index (χ1n) is 4.56. The van der Waals surface area contributed by atoms with Gasteiger partial charge in [-0.15, -0.1) is 0 Å². The highest BCUT2D eigenvalue weighted by atomic mass is 16.3. The van der Waals surface area contributed by atoms with E-state index < -0.39 is 6.04 Å². The van der Waals surface area contributed by atoms with Crippen LogP contribution < -0.4 is 5.73 Å². The molecule has 1 unspecified atom stereocenters. The van der Waals surface area contributed by atoms with Crippen molar-refractivity contribution in [2.75, 3.05) is 0 Å². The first kappa shape index (κ1) is 10.7. The normalized spacial score (nSPS) is 12.7. The Balaban J connectivity index is 3.07. The number of nitrogens with two attached hydrogens (primary N) is 1. The molecule has 4 nitrogen and oxygen atoms in total. The van der Waals surface area contributed by atoms with E-state index in [1.165, 1.54) is 12.1 Å². The quantitative estimate of drug-likeness (QED) is 0.592. The molecule has 0 amide bonds. The molecule has 1 atom stereocenters. The van der Waals surface area contributed by atoms with E-state index in [1.54, 1.807) is 0 Å². The lowest BCUT2D eigenvalue weighted by atomic mass is 10.0. The highest BCUT2D eigenvalue weighted by Gasteiger charge is 2.16. The zero-order valence-corrected chi connectivity index (χ0v) is 8.07. The molecule has 0 saturated heterocycles. The van der Waals surface area contributed by atoms with Crippen LogP contribution in [0, 0.1) is 0 Å². The lowest BCUT2D eigenvalue weighted by molar-refractivity contribution is 0.409. The van der Waals surface area contributed by atoms with Gasteiger partial charge < -0.3 is 21.1 Å². The maximum absolute atomic E-state index is 9.47.